The average Bonchev–Trinajstić information content (AvgIpc) is 2.28. The van der Waals surface area contributed by atoms with Crippen molar-refractivity contribution in [2.24, 2.45) is 0 Å². The number of anilines is 1. The van der Waals surface area contributed by atoms with Gasteiger partial charge in [-0.25, -0.2) is 0 Å². The van der Waals surface area contributed by atoms with Gasteiger partial charge in [-0.15, -0.1) is 0 Å². The van der Waals surface area contributed by atoms with E-state index in [2.05, 4.69) is 24.9 Å². The lowest BCUT2D eigenvalue weighted by atomic mass is 10.2. The predicted molar refractivity (Wildman–Crippen MR) is 67.7 cm³/mol. The van der Waals surface area contributed by atoms with Crippen LogP contribution < -0.4 is 5.32 Å². The van der Waals surface area contributed by atoms with Crippen molar-refractivity contribution in [1.82, 2.24) is 0 Å². The van der Waals surface area contributed by atoms with Crippen LogP contribution in [-0.4, -0.2) is 0 Å². The third-order valence-corrected chi connectivity index (χ3v) is 1.40. The molecule has 1 aromatic rings. The van der Waals surface area contributed by atoms with Gasteiger partial charge in [0.15, 0.2) is 0 Å². The molecule has 0 amide bonds. The Kier molecular flexibility index (Phi) is 12.8. The second kappa shape index (κ2) is 11.8. The van der Waals surface area contributed by atoms with Crippen LogP contribution in [0.2, 0.25) is 0 Å². The summed E-state index contributed by atoms with van der Waals surface area (Å²) in [5.41, 5.74) is 2.36. The lowest BCUT2D eigenvalue weighted by molar-refractivity contribution is 1.44. The van der Waals surface area contributed by atoms with Gasteiger partial charge in [0.05, 0.1) is 0 Å². The molecule has 14 heavy (non-hydrogen) atoms. The van der Waals surface area contributed by atoms with Gasteiger partial charge in [0.25, 0.3) is 0 Å². The fourth-order valence-electron chi connectivity index (χ4n) is 0.845. The van der Waals surface area contributed by atoms with E-state index >= 15 is 0 Å². The van der Waals surface area contributed by atoms with Crippen molar-refractivity contribution in [3.8, 4) is 0 Å². The summed E-state index contributed by atoms with van der Waals surface area (Å²) in [6.07, 6.45) is 1.68. The highest BCUT2D eigenvalue weighted by Gasteiger charge is 1.89. The first kappa shape index (κ1) is 15.2. The van der Waals surface area contributed by atoms with Crippen LogP contribution in [0, 0.1) is 6.92 Å². The summed E-state index contributed by atoms with van der Waals surface area (Å²) in [4.78, 5) is 0. The molecule has 1 nitrogen and oxygen atoms in total. The van der Waals surface area contributed by atoms with Crippen molar-refractivity contribution in [1.29, 1.82) is 0 Å². The van der Waals surface area contributed by atoms with Gasteiger partial charge in [-0.05, 0) is 24.8 Å². The van der Waals surface area contributed by atoms with E-state index in [4.69, 9.17) is 0 Å². The summed E-state index contributed by atoms with van der Waals surface area (Å²) in [5.74, 6) is 0. The average molecular weight is 193 g/mol. The van der Waals surface area contributed by atoms with Gasteiger partial charge in [-0.2, -0.15) is 0 Å². The minimum absolute atomic E-state index is 1.12. The fourth-order valence-corrected chi connectivity index (χ4v) is 0.845. The monoisotopic (exact) mass is 193 g/mol. The van der Waals surface area contributed by atoms with E-state index < -0.39 is 0 Å². The first-order valence-corrected chi connectivity index (χ1v) is 5.27. The summed E-state index contributed by atoms with van der Waals surface area (Å²) in [7, 11) is 0. The Morgan fingerprint density at radius 2 is 1.57 bits per heavy atom. The largest absolute Gasteiger partial charge is 0.362 e. The second-order valence-electron chi connectivity index (χ2n) is 2.16. The standard InChI is InChI=1S/C9H11N.2C2H6/c1-3-10-9-7-5-4-6-8(9)2;2*1-2/h3-7,10H,1H2,2H3;2*1-2H3. The molecule has 0 bridgehead atoms. The molecule has 0 saturated heterocycles. The molecule has 0 aromatic heterocycles. The van der Waals surface area contributed by atoms with E-state index in [1.54, 1.807) is 6.20 Å². The van der Waals surface area contributed by atoms with E-state index in [1.165, 1.54) is 5.56 Å². The number of hydrogen-bond acceptors (Lipinski definition) is 1. The summed E-state index contributed by atoms with van der Waals surface area (Å²) < 4.78 is 0. The Bertz CT molecular complexity index is 228. The SMILES string of the molecule is C=CNc1ccccc1C.CC.CC. The van der Waals surface area contributed by atoms with Crippen molar-refractivity contribution >= 4 is 5.69 Å². The summed E-state index contributed by atoms with van der Waals surface area (Å²) in [6.45, 7) is 13.6. The first-order chi connectivity index (χ1) is 6.84. The molecule has 0 aliphatic carbocycles. The summed E-state index contributed by atoms with van der Waals surface area (Å²) in [6, 6.07) is 8.10. The smallest absolute Gasteiger partial charge is 0.0409 e. The molecule has 1 rings (SSSR count). The predicted octanol–water partition coefficient (Wildman–Crippen LogP) is 4.60. The topological polar surface area (TPSA) is 12.0 Å². The van der Waals surface area contributed by atoms with Gasteiger partial charge in [-0.3, -0.25) is 0 Å². The molecule has 0 unspecified atom stereocenters. The van der Waals surface area contributed by atoms with Crippen molar-refractivity contribution in [2.75, 3.05) is 5.32 Å². The van der Waals surface area contributed by atoms with Gasteiger partial charge in [-0.1, -0.05) is 52.5 Å². The zero-order chi connectivity index (χ0) is 11.4. The minimum Gasteiger partial charge on any atom is -0.362 e. The van der Waals surface area contributed by atoms with E-state index in [1.807, 2.05) is 45.9 Å². The highest BCUT2D eigenvalue weighted by molar-refractivity contribution is 5.51. The lowest BCUT2D eigenvalue weighted by Gasteiger charge is -2.02. The molecular formula is C13H23N. The third-order valence-electron chi connectivity index (χ3n) is 1.40. The molecule has 0 spiro atoms. The molecule has 0 aliphatic heterocycles. The van der Waals surface area contributed by atoms with Crippen LogP contribution in [0.3, 0.4) is 0 Å². The Balaban J connectivity index is 0. The van der Waals surface area contributed by atoms with E-state index in [9.17, 15) is 0 Å². The van der Waals surface area contributed by atoms with Crippen LogP contribution in [0.4, 0.5) is 5.69 Å². The van der Waals surface area contributed by atoms with Crippen molar-refractivity contribution < 1.29 is 0 Å². The van der Waals surface area contributed by atoms with Crippen LogP contribution >= 0.6 is 0 Å². The van der Waals surface area contributed by atoms with Gasteiger partial charge >= 0.3 is 0 Å². The lowest BCUT2D eigenvalue weighted by Crippen LogP contribution is -1.87. The summed E-state index contributed by atoms with van der Waals surface area (Å²) >= 11 is 0. The zero-order valence-corrected chi connectivity index (χ0v) is 10.1. The minimum atomic E-state index is 1.12. The maximum atomic E-state index is 3.59. The molecular weight excluding hydrogens is 170 g/mol. The maximum absolute atomic E-state index is 3.59. The number of rotatable bonds is 2. The summed E-state index contributed by atoms with van der Waals surface area (Å²) in [5, 5.41) is 3.04. The van der Waals surface area contributed by atoms with Crippen LogP contribution in [0.15, 0.2) is 37.0 Å². The van der Waals surface area contributed by atoms with E-state index in [0.717, 1.165) is 5.69 Å². The van der Waals surface area contributed by atoms with Crippen LogP contribution in [-0.2, 0) is 0 Å². The Labute approximate surface area is 88.9 Å². The van der Waals surface area contributed by atoms with Gasteiger partial charge in [0.1, 0.15) is 0 Å². The third kappa shape index (κ3) is 6.30. The number of para-hydroxylation sites is 1. The number of benzene rings is 1. The quantitative estimate of drug-likeness (QED) is 0.723. The van der Waals surface area contributed by atoms with Crippen LogP contribution in [0.25, 0.3) is 0 Å². The van der Waals surface area contributed by atoms with E-state index in [0.29, 0.717) is 0 Å². The Hall–Kier alpha value is -1.24. The maximum Gasteiger partial charge on any atom is 0.0409 e. The molecule has 1 aromatic carbocycles. The molecule has 0 fully saturated rings. The molecule has 0 saturated carbocycles. The first-order valence-electron chi connectivity index (χ1n) is 5.27. The van der Waals surface area contributed by atoms with Crippen molar-refractivity contribution in [2.45, 2.75) is 34.6 Å². The number of aryl methyl sites for hydroxylation is 1. The second-order valence-corrected chi connectivity index (χ2v) is 2.16. The van der Waals surface area contributed by atoms with Crippen molar-refractivity contribution in [3.05, 3.63) is 42.6 Å². The van der Waals surface area contributed by atoms with Gasteiger partial charge in [0.2, 0.25) is 0 Å². The molecule has 1 heteroatoms. The van der Waals surface area contributed by atoms with Crippen LogP contribution in [0.1, 0.15) is 33.3 Å². The normalized spacial score (nSPS) is 7.21. The molecule has 0 aliphatic rings. The highest BCUT2D eigenvalue weighted by atomic mass is 14.8. The fraction of sp³-hybridized carbons (Fsp3) is 0.385. The van der Waals surface area contributed by atoms with Gasteiger partial charge in [0, 0.05) is 5.69 Å². The Morgan fingerprint density at radius 3 is 2.00 bits per heavy atom. The van der Waals surface area contributed by atoms with E-state index in [-0.39, 0.29) is 0 Å². The molecule has 1 N–H and O–H groups in total. The molecule has 0 radical (unpaired) electrons. The number of nitrogens with one attached hydrogen (secondary N) is 1. The van der Waals surface area contributed by atoms with Crippen molar-refractivity contribution in [3.63, 3.8) is 0 Å². The molecule has 80 valence electrons. The Morgan fingerprint density at radius 1 is 1.07 bits per heavy atom. The number of hydrogen-bond donors (Lipinski definition) is 1. The van der Waals surface area contributed by atoms with Crippen LogP contribution in [0.5, 0.6) is 0 Å². The molecule has 0 atom stereocenters. The molecule has 0 heterocycles. The zero-order valence-electron chi connectivity index (χ0n) is 10.1. The van der Waals surface area contributed by atoms with Gasteiger partial charge < -0.3 is 5.32 Å². The highest BCUT2D eigenvalue weighted by Crippen LogP contribution is 2.12.